The lowest BCUT2D eigenvalue weighted by Gasteiger charge is -2.06. The predicted molar refractivity (Wildman–Crippen MR) is 74.6 cm³/mol. The van der Waals surface area contributed by atoms with Crippen molar-refractivity contribution in [2.45, 2.75) is 6.92 Å². The van der Waals surface area contributed by atoms with E-state index in [4.69, 9.17) is 4.74 Å². The molecule has 1 aromatic rings. The third-order valence-corrected chi connectivity index (χ3v) is 3.28. The van der Waals surface area contributed by atoms with Crippen LogP contribution in [0, 0.1) is 3.57 Å². The van der Waals surface area contributed by atoms with E-state index in [0.29, 0.717) is 20.6 Å². The van der Waals surface area contributed by atoms with Crippen LogP contribution in [-0.4, -0.2) is 23.9 Å². The van der Waals surface area contributed by atoms with Gasteiger partial charge >= 0.3 is 5.97 Å². The Morgan fingerprint density at radius 1 is 1.50 bits per heavy atom. The Hall–Kier alpha value is -1.57. The SMILES string of the molecule is COc1cc(/C=C2/C(=O)ON=C2C)cc(I)c1O. The number of carbonyl (C=O) groups excluding carboxylic acids is 1. The third-order valence-electron chi connectivity index (χ3n) is 2.46. The fraction of sp³-hybridized carbons (Fsp3) is 0.167. The molecule has 0 radical (unpaired) electrons. The molecule has 0 atom stereocenters. The van der Waals surface area contributed by atoms with E-state index < -0.39 is 5.97 Å². The second kappa shape index (κ2) is 4.97. The van der Waals surface area contributed by atoms with Crippen LogP contribution in [0.15, 0.2) is 22.9 Å². The Bertz CT molecular complexity index is 578. The molecule has 0 unspecified atom stereocenters. The van der Waals surface area contributed by atoms with Crippen molar-refractivity contribution in [2.24, 2.45) is 5.16 Å². The van der Waals surface area contributed by atoms with Crippen LogP contribution in [0.3, 0.4) is 0 Å². The van der Waals surface area contributed by atoms with Crippen LogP contribution in [0.25, 0.3) is 6.08 Å². The minimum Gasteiger partial charge on any atom is -0.504 e. The fourth-order valence-corrected chi connectivity index (χ4v) is 2.14. The summed E-state index contributed by atoms with van der Waals surface area (Å²) in [6.45, 7) is 1.69. The molecule has 1 aliphatic heterocycles. The molecule has 0 spiro atoms. The summed E-state index contributed by atoms with van der Waals surface area (Å²) in [5.41, 5.74) is 1.66. The summed E-state index contributed by atoms with van der Waals surface area (Å²) >= 11 is 1.99. The quantitative estimate of drug-likeness (QED) is 0.500. The van der Waals surface area contributed by atoms with Gasteiger partial charge in [-0.3, -0.25) is 0 Å². The Balaban J connectivity index is 2.47. The minimum absolute atomic E-state index is 0.0830. The van der Waals surface area contributed by atoms with Crippen molar-refractivity contribution in [3.8, 4) is 11.5 Å². The number of hydrogen-bond donors (Lipinski definition) is 1. The summed E-state index contributed by atoms with van der Waals surface area (Å²) in [6, 6.07) is 3.38. The molecule has 0 saturated heterocycles. The fourth-order valence-electron chi connectivity index (χ4n) is 1.52. The monoisotopic (exact) mass is 359 g/mol. The highest BCUT2D eigenvalue weighted by molar-refractivity contribution is 14.1. The lowest BCUT2D eigenvalue weighted by atomic mass is 10.1. The van der Waals surface area contributed by atoms with E-state index in [2.05, 4.69) is 9.99 Å². The molecule has 1 heterocycles. The summed E-state index contributed by atoms with van der Waals surface area (Å²) in [6.07, 6.45) is 1.65. The maximum atomic E-state index is 11.4. The van der Waals surface area contributed by atoms with Gasteiger partial charge in [-0.05, 0) is 53.3 Å². The summed E-state index contributed by atoms with van der Waals surface area (Å²) in [7, 11) is 1.47. The predicted octanol–water partition coefficient (Wildman–Crippen LogP) is 2.32. The van der Waals surface area contributed by atoms with Crippen LogP contribution in [0.4, 0.5) is 0 Å². The molecular weight excluding hydrogens is 349 g/mol. The highest BCUT2D eigenvalue weighted by atomic mass is 127. The number of phenols is 1. The summed E-state index contributed by atoms with van der Waals surface area (Å²) < 4.78 is 5.69. The summed E-state index contributed by atoms with van der Waals surface area (Å²) in [5.74, 6) is -0.0381. The molecular formula is C12H10INO4. The Morgan fingerprint density at radius 2 is 2.22 bits per heavy atom. The number of methoxy groups -OCH3 is 1. The first-order chi connectivity index (χ1) is 8.52. The number of ether oxygens (including phenoxy) is 1. The van der Waals surface area contributed by atoms with Crippen LogP contribution in [0.5, 0.6) is 11.5 Å². The van der Waals surface area contributed by atoms with Crippen molar-refractivity contribution >= 4 is 40.3 Å². The molecule has 18 heavy (non-hydrogen) atoms. The Morgan fingerprint density at radius 3 is 2.78 bits per heavy atom. The number of nitrogens with zero attached hydrogens (tertiary/aromatic N) is 1. The van der Waals surface area contributed by atoms with E-state index in [1.54, 1.807) is 25.1 Å². The zero-order chi connectivity index (χ0) is 13.3. The first-order valence-corrected chi connectivity index (χ1v) is 6.15. The Labute approximate surface area is 117 Å². The van der Waals surface area contributed by atoms with Gasteiger partial charge in [0.15, 0.2) is 11.5 Å². The van der Waals surface area contributed by atoms with Crippen molar-refractivity contribution in [2.75, 3.05) is 7.11 Å². The highest BCUT2D eigenvalue weighted by Crippen LogP contribution is 2.33. The topological polar surface area (TPSA) is 68.1 Å². The van der Waals surface area contributed by atoms with Gasteiger partial charge in [0.05, 0.1) is 22.0 Å². The lowest BCUT2D eigenvalue weighted by molar-refractivity contribution is -0.136. The number of rotatable bonds is 2. The second-order valence-corrected chi connectivity index (χ2v) is 4.83. The van der Waals surface area contributed by atoms with Gasteiger partial charge < -0.3 is 14.7 Å². The highest BCUT2D eigenvalue weighted by Gasteiger charge is 2.22. The van der Waals surface area contributed by atoms with Crippen molar-refractivity contribution < 1.29 is 19.5 Å². The van der Waals surface area contributed by atoms with Crippen molar-refractivity contribution in [3.05, 3.63) is 26.8 Å². The molecule has 1 aromatic carbocycles. The van der Waals surface area contributed by atoms with Gasteiger partial charge in [-0.15, -0.1) is 0 Å². The normalized spacial score (nSPS) is 16.7. The second-order valence-electron chi connectivity index (χ2n) is 3.67. The van der Waals surface area contributed by atoms with Crippen LogP contribution in [0.1, 0.15) is 12.5 Å². The molecule has 1 aliphatic rings. The van der Waals surface area contributed by atoms with Gasteiger partial charge in [0.25, 0.3) is 0 Å². The number of halogens is 1. The molecule has 6 heteroatoms. The molecule has 0 aliphatic carbocycles. The molecule has 1 N–H and O–H groups in total. The molecule has 2 rings (SSSR count). The summed E-state index contributed by atoms with van der Waals surface area (Å²) in [4.78, 5) is 16.0. The van der Waals surface area contributed by atoms with Gasteiger partial charge in [-0.2, -0.15) is 0 Å². The molecule has 0 fully saturated rings. The molecule has 0 amide bonds. The smallest absolute Gasteiger partial charge is 0.367 e. The van der Waals surface area contributed by atoms with E-state index in [0.717, 1.165) is 5.56 Å². The average molecular weight is 359 g/mol. The third kappa shape index (κ3) is 2.33. The van der Waals surface area contributed by atoms with Gasteiger partial charge in [0, 0.05) is 0 Å². The first-order valence-electron chi connectivity index (χ1n) is 5.07. The first kappa shape index (κ1) is 12.9. The van der Waals surface area contributed by atoms with Crippen molar-refractivity contribution in [1.29, 1.82) is 0 Å². The van der Waals surface area contributed by atoms with E-state index in [1.807, 2.05) is 22.6 Å². The number of benzene rings is 1. The standard InChI is InChI=1S/C12H10INO4/c1-6-8(12(16)18-14-6)3-7-4-9(13)11(15)10(5-7)17-2/h3-5,15H,1-2H3/b8-3+. The zero-order valence-corrected chi connectivity index (χ0v) is 11.9. The molecule has 0 bridgehead atoms. The van der Waals surface area contributed by atoms with E-state index in [1.165, 1.54) is 7.11 Å². The van der Waals surface area contributed by atoms with Gasteiger partial charge in [-0.25, -0.2) is 4.79 Å². The minimum atomic E-state index is -0.477. The van der Waals surface area contributed by atoms with E-state index >= 15 is 0 Å². The number of oxime groups is 1. The average Bonchev–Trinajstić information content (AvgIpc) is 2.65. The number of hydrogen-bond acceptors (Lipinski definition) is 5. The zero-order valence-electron chi connectivity index (χ0n) is 9.73. The van der Waals surface area contributed by atoms with E-state index in [9.17, 15) is 9.90 Å². The van der Waals surface area contributed by atoms with Crippen LogP contribution in [-0.2, 0) is 9.63 Å². The molecule has 0 saturated carbocycles. The van der Waals surface area contributed by atoms with Gasteiger partial charge in [0.2, 0.25) is 0 Å². The van der Waals surface area contributed by atoms with Crippen LogP contribution in [0.2, 0.25) is 0 Å². The van der Waals surface area contributed by atoms with Crippen LogP contribution < -0.4 is 4.74 Å². The molecule has 94 valence electrons. The van der Waals surface area contributed by atoms with Crippen LogP contribution >= 0.6 is 22.6 Å². The number of carbonyl (C=O) groups is 1. The van der Waals surface area contributed by atoms with E-state index in [-0.39, 0.29) is 5.75 Å². The number of phenolic OH excluding ortho intramolecular Hbond substituents is 1. The van der Waals surface area contributed by atoms with Gasteiger partial charge in [0.1, 0.15) is 0 Å². The maximum Gasteiger partial charge on any atom is 0.367 e. The van der Waals surface area contributed by atoms with Gasteiger partial charge in [-0.1, -0.05) is 5.16 Å². The number of aromatic hydroxyl groups is 1. The Kier molecular flexibility index (Phi) is 3.55. The molecule has 5 nitrogen and oxygen atoms in total. The largest absolute Gasteiger partial charge is 0.504 e. The molecule has 0 aromatic heterocycles. The van der Waals surface area contributed by atoms with Crippen molar-refractivity contribution in [1.82, 2.24) is 0 Å². The maximum absolute atomic E-state index is 11.4. The lowest BCUT2D eigenvalue weighted by Crippen LogP contribution is -2.01. The van der Waals surface area contributed by atoms with Crippen molar-refractivity contribution in [3.63, 3.8) is 0 Å². The summed E-state index contributed by atoms with van der Waals surface area (Å²) in [5, 5.41) is 13.3.